The highest BCUT2D eigenvalue weighted by molar-refractivity contribution is 6.31. The summed E-state index contributed by atoms with van der Waals surface area (Å²) in [7, 11) is 0. The summed E-state index contributed by atoms with van der Waals surface area (Å²) in [5, 5.41) is 0. The zero-order valence-corrected chi connectivity index (χ0v) is 20.8. The lowest BCUT2D eigenvalue weighted by molar-refractivity contribution is -0.131. The van der Waals surface area contributed by atoms with Crippen molar-refractivity contribution in [2.45, 2.75) is 32.4 Å². The molecule has 0 aromatic heterocycles. The average Bonchev–Trinajstić information content (AvgIpc) is 3.29. The van der Waals surface area contributed by atoms with Crippen molar-refractivity contribution in [2.24, 2.45) is 0 Å². The van der Waals surface area contributed by atoms with E-state index in [1.807, 2.05) is 91.9 Å². The topological polar surface area (TPSA) is 57.7 Å². The summed E-state index contributed by atoms with van der Waals surface area (Å²) in [5.74, 6) is -0.665. The Labute approximate surface area is 216 Å². The van der Waals surface area contributed by atoms with Crippen molar-refractivity contribution >= 4 is 29.0 Å². The molecule has 5 nitrogen and oxygen atoms in total. The molecule has 5 heteroatoms. The van der Waals surface area contributed by atoms with E-state index in [-0.39, 0.29) is 17.6 Å². The predicted octanol–water partition coefficient (Wildman–Crippen LogP) is 5.58. The number of Topliss-reactive ketones (excluding diaryl/α,β-unsaturated/α-hetero) is 1. The number of nitrogens with zero attached hydrogens (tertiary/aromatic N) is 2. The minimum absolute atomic E-state index is 0.108. The van der Waals surface area contributed by atoms with Crippen molar-refractivity contribution < 1.29 is 14.4 Å². The highest BCUT2D eigenvalue weighted by Gasteiger charge is 2.63. The van der Waals surface area contributed by atoms with E-state index >= 15 is 0 Å². The third kappa shape index (κ3) is 3.42. The largest absolute Gasteiger partial charge is 0.306 e. The molecule has 2 aliphatic heterocycles. The lowest BCUT2D eigenvalue weighted by atomic mass is 9.75. The number of carbonyl (C=O) groups is 3. The van der Waals surface area contributed by atoms with Crippen LogP contribution in [0.25, 0.3) is 0 Å². The van der Waals surface area contributed by atoms with Crippen LogP contribution in [0.15, 0.2) is 97.1 Å². The molecule has 2 aliphatic rings. The van der Waals surface area contributed by atoms with Crippen LogP contribution in [0.4, 0.5) is 11.4 Å². The molecule has 1 atom stereocenters. The first-order valence-electron chi connectivity index (χ1n) is 12.4. The van der Waals surface area contributed by atoms with Gasteiger partial charge in [0.25, 0.3) is 11.8 Å². The average molecular weight is 487 g/mol. The molecule has 0 radical (unpaired) electrons. The molecule has 37 heavy (non-hydrogen) atoms. The number of hydrogen-bond donors (Lipinski definition) is 0. The molecule has 0 aliphatic carbocycles. The summed E-state index contributed by atoms with van der Waals surface area (Å²) >= 11 is 0. The maximum Gasteiger partial charge on any atom is 0.252 e. The zero-order valence-electron chi connectivity index (χ0n) is 20.8. The third-order valence-electron chi connectivity index (χ3n) is 7.44. The maximum atomic E-state index is 14.5. The molecule has 1 spiro atoms. The first-order valence-corrected chi connectivity index (χ1v) is 12.4. The van der Waals surface area contributed by atoms with Crippen molar-refractivity contribution in [3.8, 4) is 0 Å². The highest BCUT2D eigenvalue weighted by atomic mass is 16.2. The summed E-state index contributed by atoms with van der Waals surface area (Å²) in [6.07, 6.45) is 0. The molecule has 182 valence electrons. The number of anilines is 2. The standard InChI is InChI=1S/C32H26N2O3/c1-21-13-15-28-26(17-21)32(30(36)33(28)19-23-9-5-3-6-10-23)27-18-25(22(2)35)14-16-29(27)34(31(32)37)20-24-11-7-4-8-12-24/h3-18H,19-20H2,1-2H3/t32-/m0/s1. The Morgan fingerprint density at radius 2 is 1.16 bits per heavy atom. The van der Waals surface area contributed by atoms with Crippen molar-refractivity contribution in [3.05, 3.63) is 130 Å². The summed E-state index contributed by atoms with van der Waals surface area (Å²) in [6.45, 7) is 4.15. The number of hydrogen-bond acceptors (Lipinski definition) is 3. The Kier molecular flexibility index (Phi) is 5.30. The van der Waals surface area contributed by atoms with E-state index in [1.165, 1.54) is 6.92 Å². The van der Waals surface area contributed by atoms with Gasteiger partial charge < -0.3 is 9.80 Å². The van der Waals surface area contributed by atoms with Crippen LogP contribution in [0.5, 0.6) is 0 Å². The highest BCUT2D eigenvalue weighted by Crippen LogP contribution is 2.55. The Hall–Kier alpha value is -4.51. The van der Waals surface area contributed by atoms with E-state index in [9.17, 15) is 14.4 Å². The van der Waals surface area contributed by atoms with E-state index in [0.29, 0.717) is 35.5 Å². The molecule has 0 fully saturated rings. The van der Waals surface area contributed by atoms with E-state index in [0.717, 1.165) is 22.4 Å². The van der Waals surface area contributed by atoms with Crippen LogP contribution >= 0.6 is 0 Å². The third-order valence-corrected chi connectivity index (χ3v) is 7.44. The Bertz CT molecular complexity index is 1550. The lowest BCUT2D eigenvalue weighted by Crippen LogP contribution is -2.48. The Morgan fingerprint density at radius 3 is 1.68 bits per heavy atom. The fourth-order valence-corrected chi connectivity index (χ4v) is 5.64. The van der Waals surface area contributed by atoms with Gasteiger partial charge in [-0.25, -0.2) is 0 Å². The molecular weight excluding hydrogens is 460 g/mol. The second-order valence-corrected chi connectivity index (χ2v) is 9.81. The molecule has 4 aromatic rings. The Balaban J connectivity index is 1.58. The zero-order chi connectivity index (χ0) is 25.7. The summed E-state index contributed by atoms with van der Waals surface area (Å²) in [6, 6.07) is 30.7. The van der Waals surface area contributed by atoms with Gasteiger partial charge in [-0.2, -0.15) is 0 Å². The summed E-state index contributed by atoms with van der Waals surface area (Å²) < 4.78 is 0. The lowest BCUT2D eigenvalue weighted by Gasteiger charge is -2.25. The molecule has 2 amide bonds. The summed E-state index contributed by atoms with van der Waals surface area (Å²) in [5.41, 5.74) is 4.50. The molecule has 6 rings (SSSR count). The van der Waals surface area contributed by atoms with Crippen LogP contribution in [0, 0.1) is 6.92 Å². The van der Waals surface area contributed by atoms with Gasteiger partial charge in [0.15, 0.2) is 11.2 Å². The first-order chi connectivity index (χ1) is 17.9. The van der Waals surface area contributed by atoms with Crippen LogP contribution < -0.4 is 9.80 Å². The Morgan fingerprint density at radius 1 is 0.676 bits per heavy atom. The van der Waals surface area contributed by atoms with Crippen LogP contribution in [-0.2, 0) is 28.1 Å². The van der Waals surface area contributed by atoms with Gasteiger partial charge in [0.05, 0.1) is 13.1 Å². The van der Waals surface area contributed by atoms with Crippen LogP contribution in [0.2, 0.25) is 0 Å². The van der Waals surface area contributed by atoms with E-state index in [4.69, 9.17) is 0 Å². The quantitative estimate of drug-likeness (QED) is 0.273. The van der Waals surface area contributed by atoms with Crippen molar-refractivity contribution in [1.82, 2.24) is 0 Å². The van der Waals surface area contributed by atoms with E-state index in [1.54, 1.807) is 21.9 Å². The molecule has 2 heterocycles. The monoisotopic (exact) mass is 486 g/mol. The molecule has 0 N–H and O–H groups in total. The number of rotatable bonds is 5. The van der Waals surface area contributed by atoms with Crippen molar-refractivity contribution in [1.29, 1.82) is 0 Å². The summed E-state index contributed by atoms with van der Waals surface area (Å²) in [4.78, 5) is 44.9. The predicted molar refractivity (Wildman–Crippen MR) is 144 cm³/mol. The number of amides is 2. The van der Waals surface area contributed by atoms with Gasteiger partial charge in [0.2, 0.25) is 0 Å². The smallest absolute Gasteiger partial charge is 0.252 e. The minimum atomic E-state index is -1.54. The van der Waals surface area contributed by atoms with Crippen molar-refractivity contribution in [3.63, 3.8) is 0 Å². The second-order valence-electron chi connectivity index (χ2n) is 9.81. The van der Waals surface area contributed by atoms with Crippen LogP contribution in [0.1, 0.15) is 45.1 Å². The second kappa shape index (κ2) is 8.56. The SMILES string of the molecule is CC(=O)c1ccc2c(c1)[C@@]1(C(=O)N(Cc3ccccc3)c3ccc(C)cc31)C(=O)N2Cc1ccccc1. The van der Waals surface area contributed by atoms with Crippen LogP contribution in [0.3, 0.4) is 0 Å². The van der Waals surface area contributed by atoms with Gasteiger partial charge in [-0.15, -0.1) is 0 Å². The molecule has 0 saturated heterocycles. The fourth-order valence-electron chi connectivity index (χ4n) is 5.64. The van der Waals surface area contributed by atoms with Gasteiger partial charge >= 0.3 is 0 Å². The van der Waals surface area contributed by atoms with E-state index < -0.39 is 5.41 Å². The first kappa shape index (κ1) is 22.9. The number of carbonyl (C=O) groups excluding carboxylic acids is 3. The van der Waals surface area contributed by atoms with Gasteiger partial charge in [0, 0.05) is 28.1 Å². The van der Waals surface area contributed by atoms with Crippen molar-refractivity contribution in [2.75, 3.05) is 9.80 Å². The van der Waals surface area contributed by atoms with Gasteiger partial charge in [-0.3, -0.25) is 14.4 Å². The van der Waals surface area contributed by atoms with E-state index in [2.05, 4.69) is 0 Å². The van der Waals surface area contributed by atoms with Crippen LogP contribution in [-0.4, -0.2) is 17.6 Å². The molecule has 0 bridgehead atoms. The number of fused-ring (bicyclic) bond motifs is 4. The molecule has 0 saturated carbocycles. The molecular formula is C32H26N2O3. The minimum Gasteiger partial charge on any atom is -0.306 e. The van der Waals surface area contributed by atoms with Gasteiger partial charge in [-0.05, 0) is 49.2 Å². The maximum absolute atomic E-state index is 14.5. The van der Waals surface area contributed by atoms with Gasteiger partial charge in [-0.1, -0.05) is 78.4 Å². The fraction of sp³-hybridized carbons (Fsp3) is 0.156. The number of ketones is 1. The normalized spacial score (nSPS) is 17.9. The molecule has 4 aromatic carbocycles. The number of aryl methyl sites for hydroxylation is 1. The molecule has 0 unspecified atom stereocenters. The van der Waals surface area contributed by atoms with Gasteiger partial charge in [0.1, 0.15) is 0 Å². The number of benzene rings is 4.